The number of ether oxygens (including phenoxy) is 1. The standard InChI is InChI=1S/C24H22F4N6O2/c25-18-4-2-1-3-17(18)15-5-6-20(36-24(26,27)28)16(9-15)13-34-21-19(32-23(34)35)12-31-22(33-21)30-11-14-7-8-29-10-14/h1-6,9,12,14,29H,7-8,10-11,13H2,(H,32,35)(H,30,31,33)/t14-/m1/s1. The summed E-state index contributed by atoms with van der Waals surface area (Å²) in [6, 6.07) is 9.73. The van der Waals surface area contributed by atoms with Crippen LogP contribution in [0.2, 0.25) is 0 Å². The number of benzene rings is 2. The number of alkyl halides is 3. The van der Waals surface area contributed by atoms with Gasteiger partial charge >= 0.3 is 12.1 Å². The predicted octanol–water partition coefficient (Wildman–Crippen LogP) is 3.89. The lowest BCUT2D eigenvalue weighted by molar-refractivity contribution is -0.274. The average molecular weight is 502 g/mol. The van der Waals surface area contributed by atoms with Crippen molar-refractivity contribution in [2.45, 2.75) is 19.3 Å². The number of halogens is 4. The molecule has 1 fully saturated rings. The van der Waals surface area contributed by atoms with Crippen molar-refractivity contribution in [3.05, 3.63) is 70.5 Å². The molecule has 1 aliphatic heterocycles. The Kier molecular flexibility index (Phi) is 6.35. The number of nitrogens with one attached hydrogen (secondary N) is 3. The summed E-state index contributed by atoms with van der Waals surface area (Å²) < 4.78 is 59.0. The number of hydrogen-bond donors (Lipinski definition) is 3. The summed E-state index contributed by atoms with van der Waals surface area (Å²) in [4.78, 5) is 24.0. The summed E-state index contributed by atoms with van der Waals surface area (Å²) in [6.07, 6.45) is -2.49. The molecular formula is C24H22F4N6O2. The minimum atomic E-state index is -4.95. The van der Waals surface area contributed by atoms with Crippen LogP contribution in [0, 0.1) is 11.7 Å². The van der Waals surface area contributed by atoms with Crippen LogP contribution in [0.15, 0.2) is 53.5 Å². The first-order valence-electron chi connectivity index (χ1n) is 11.3. The fourth-order valence-corrected chi connectivity index (χ4v) is 4.26. The molecule has 5 rings (SSSR count). The van der Waals surface area contributed by atoms with E-state index in [1.165, 1.54) is 41.1 Å². The van der Waals surface area contributed by atoms with Crippen LogP contribution in [0.3, 0.4) is 0 Å². The molecule has 188 valence electrons. The van der Waals surface area contributed by atoms with Crippen LogP contribution in [0.4, 0.5) is 23.5 Å². The van der Waals surface area contributed by atoms with Crippen LogP contribution >= 0.6 is 0 Å². The summed E-state index contributed by atoms with van der Waals surface area (Å²) in [6.45, 7) is 2.17. The van der Waals surface area contributed by atoms with Crippen molar-refractivity contribution in [3.63, 3.8) is 0 Å². The molecule has 0 amide bonds. The van der Waals surface area contributed by atoms with Crippen molar-refractivity contribution in [1.29, 1.82) is 0 Å². The Morgan fingerprint density at radius 3 is 2.78 bits per heavy atom. The number of anilines is 1. The first-order valence-corrected chi connectivity index (χ1v) is 11.3. The van der Waals surface area contributed by atoms with Gasteiger partial charge in [-0.1, -0.05) is 24.3 Å². The number of nitrogens with zero attached hydrogens (tertiary/aromatic N) is 3. The van der Waals surface area contributed by atoms with Crippen LogP contribution in [0.25, 0.3) is 22.3 Å². The molecule has 0 unspecified atom stereocenters. The van der Waals surface area contributed by atoms with Gasteiger partial charge < -0.3 is 20.4 Å². The summed E-state index contributed by atoms with van der Waals surface area (Å²) in [5, 5.41) is 6.42. The maximum absolute atomic E-state index is 14.4. The lowest BCUT2D eigenvalue weighted by atomic mass is 10.0. The molecule has 8 nitrogen and oxygen atoms in total. The Morgan fingerprint density at radius 2 is 2.03 bits per heavy atom. The van der Waals surface area contributed by atoms with E-state index in [-0.39, 0.29) is 23.3 Å². The van der Waals surface area contributed by atoms with Gasteiger partial charge in [-0.2, -0.15) is 4.98 Å². The summed E-state index contributed by atoms with van der Waals surface area (Å²) >= 11 is 0. The molecule has 4 aromatic rings. The number of aromatic amines is 1. The van der Waals surface area contributed by atoms with E-state index >= 15 is 0 Å². The van der Waals surface area contributed by atoms with Crippen LogP contribution in [-0.2, 0) is 6.54 Å². The molecule has 36 heavy (non-hydrogen) atoms. The molecular weight excluding hydrogens is 480 g/mol. The molecule has 3 heterocycles. The van der Waals surface area contributed by atoms with E-state index in [1.54, 1.807) is 6.07 Å². The van der Waals surface area contributed by atoms with E-state index in [9.17, 15) is 22.4 Å². The van der Waals surface area contributed by atoms with Crippen LogP contribution < -0.4 is 21.1 Å². The third-order valence-corrected chi connectivity index (χ3v) is 6.02. The summed E-state index contributed by atoms with van der Waals surface area (Å²) in [5.74, 6) is -0.307. The highest BCUT2D eigenvalue weighted by Crippen LogP contribution is 2.32. The van der Waals surface area contributed by atoms with Crippen LogP contribution in [0.5, 0.6) is 5.75 Å². The number of hydrogen-bond acceptors (Lipinski definition) is 6. The lowest BCUT2D eigenvalue weighted by Gasteiger charge is -2.15. The summed E-state index contributed by atoms with van der Waals surface area (Å²) in [7, 11) is 0. The lowest BCUT2D eigenvalue weighted by Crippen LogP contribution is -2.21. The van der Waals surface area contributed by atoms with E-state index in [4.69, 9.17) is 0 Å². The molecule has 3 N–H and O–H groups in total. The van der Waals surface area contributed by atoms with Crippen molar-refractivity contribution < 1.29 is 22.3 Å². The van der Waals surface area contributed by atoms with Gasteiger partial charge in [-0.25, -0.2) is 14.2 Å². The second kappa shape index (κ2) is 9.61. The Hall–Kier alpha value is -3.93. The SMILES string of the molecule is O=c1[nH]c2cnc(NC[C@@H]3CCNC3)nc2n1Cc1cc(-c2ccccc2F)ccc1OC(F)(F)F. The molecule has 2 aromatic heterocycles. The van der Waals surface area contributed by atoms with Crippen LogP contribution in [0.1, 0.15) is 12.0 Å². The number of aromatic nitrogens is 4. The predicted molar refractivity (Wildman–Crippen MR) is 125 cm³/mol. The van der Waals surface area contributed by atoms with Gasteiger partial charge in [0.05, 0.1) is 12.7 Å². The zero-order valence-electron chi connectivity index (χ0n) is 18.9. The zero-order valence-corrected chi connectivity index (χ0v) is 18.9. The van der Waals surface area contributed by atoms with E-state index in [1.807, 2.05) is 0 Å². The normalized spacial score (nSPS) is 15.9. The minimum absolute atomic E-state index is 0.0289. The highest BCUT2D eigenvalue weighted by Gasteiger charge is 2.32. The number of H-pyrrole nitrogens is 1. The van der Waals surface area contributed by atoms with Gasteiger partial charge in [0.2, 0.25) is 5.95 Å². The maximum atomic E-state index is 14.4. The Bertz CT molecular complexity index is 1440. The Morgan fingerprint density at radius 1 is 1.19 bits per heavy atom. The number of imidazole rings is 1. The molecule has 12 heteroatoms. The molecule has 0 radical (unpaired) electrons. The second-order valence-corrected chi connectivity index (χ2v) is 8.54. The third-order valence-electron chi connectivity index (χ3n) is 6.02. The van der Waals surface area contributed by atoms with E-state index < -0.39 is 23.6 Å². The first-order chi connectivity index (χ1) is 17.3. The van der Waals surface area contributed by atoms with Gasteiger partial charge in [-0.15, -0.1) is 13.2 Å². The molecule has 1 saturated heterocycles. The van der Waals surface area contributed by atoms with Crippen molar-refractivity contribution in [1.82, 2.24) is 24.8 Å². The minimum Gasteiger partial charge on any atom is -0.405 e. The second-order valence-electron chi connectivity index (χ2n) is 8.54. The number of rotatable bonds is 7. The van der Waals surface area contributed by atoms with Crippen LogP contribution in [-0.4, -0.2) is 45.5 Å². The van der Waals surface area contributed by atoms with Crippen molar-refractivity contribution in [2.24, 2.45) is 5.92 Å². The van der Waals surface area contributed by atoms with Gasteiger partial charge in [0.15, 0.2) is 5.65 Å². The highest BCUT2D eigenvalue weighted by molar-refractivity contribution is 5.71. The third kappa shape index (κ3) is 5.18. The molecule has 1 atom stereocenters. The fourth-order valence-electron chi connectivity index (χ4n) is 4.26. The molecule has 0 aliphatic carbocycles. The van der Waals surface area contributed by atoms with Crippen molar-refractivity contribution >= 4 is 17.1 Å². The Labute approximate surface area is 202 Å². The quantitative estimate of drug-likeness (QED) is 0.332. The maximum Gasteiger partial charge on any atom is 0.573 e. The molecule has 0 spiro atoms. The zero-order chi connectivity index (χ0) is 25.3. The largest absolute Gasteiger partial charge is 0.573 e. The topological polar surface area (TPSA) is 96.9 Å². The van der Waals surface area contributed by atoms with Gasteiger partial charge in [0, 0.05) is 17.7 Å². The van der Waals surface area contributed by atoms with E-state index in [0.717, 1.165) is 25.6 Å². The monoisotopic (exact) mass is 502 g/mol. The van der Waals surface area contributed by atoms with Gasteiger partial charge in [0.25, 0.3) is 0 Å². The fraction of sp³-hybridized carbons (Fsp3) is 0.292. The van der Waals surface area contributed by atoms with Gasteiger partial charge in [-0.05, 0) is 49.2 Å². The summed E-state index contributed by atoms with van der Waals surface area (Å²) in [5.41, 5.74) is 0.548. The molecule has 1 aliphatic rings. The van der Waals surface area contributed by atoms with Crippen molar-refractivity contribution in [2.75, 3.05) is 25.0 Å². The molecule has 0 saturated carbocycles. The molecule has 2 aromatic carbocycles. The average Bonchev–Trinajstić information content (AvgIpc) is 3.46. The van der Waals surface area contributed by atoms with Gasteiger partial charge in [-0.3, -0.25) is 4.57 Å². The van der Waals surface area contributed by atoms with Gasteiger partial charge in [0.1, 0.15) is 17.1 Å². The van der Waals surface area contributed by atoms with E-state index in [0.29, 0.717) is 29.5 Å². The smallest absolute Gasteiger partial charge is 0.405 e. The highest BCUT2D eigenvalue weighted by atomic mass is 19.4. The Balaban J connectivity index is 1.51. The van der Waals surface area contributed by atoms with E-state index in [2.05, 4.69) is 30.3 Å². The number of fused-ring (bicyclic) bond motifs is 1. The first kappa shape index (κ1) is 23.8. The van der Waals surface area contributed by atoms with Crippen molar-refractivity contribution in [3.8, 4) is 16.9 Å². The molecule has 0 bridgehead atoms.